The summed E-state index contributed by atoms with van der Waals surface area (Å²) >= 11 is 1.54. The van der Waals surface area contributed by atoms with Gasteiger partial charge in [-0.15, -0.1) is 11.3 Å². The molecule has 6 nitrogen and oxygen atoms in total. The molecular formula is C24H29N3O3S. The molecule has 1 saturated heterocycles. The predicted octanol–water partition coefficient (Wildman–Crippen LogP) is 3.55. The SMILES string of the molecule is CC1(C)Cc2sc3c(=O)n(-c4ccccc4)c(=O)n(CCN4CCCCC4)c3c2CO1. The molecule has 1 aromatic carbocycles. The number of nitrogens with zero attached hydrogens (tertiary/aromatic N) is 3. The number of para-hydroxylation sites is 1. The monoisotopic (exact) mass is 439 g/mol. The summed E-state index contributed by atoms with van der Waals surface area (Å²) in [6.07, 6.45) is 4.46. The first kappa shape index (κ1) is 20.7. The molecule has 2 aliphatic rings. The van der Waals surface area contributed by atoms with Gasteiger partial charge in [-0.3, -0.25) is 9.36 Å². The zero-order valence-electron chi connectivity index (χ0n) is 18.2. The van der Waals surface area contributed by atoms with Gasteiger partial charge in [0, 0.05) is 30.0 Å². The van der Waals surface area contributed by atoms with E-state index in [9.17, 15) is 9.59 Å². The van der Waals surface area contributed by atoms with Crippen LogP contribution in [0.1, 0.15) is 43.6 Å². The van der Waals surface area contributed by atoms with Gasteiger partial charge in [0.1, 0.15) is 4.70 Å². The summed E-state index contributed by atoms with van der Waals surface area (Å²) in [7, 11) is 0. The summed E-state index contributed by atoms with van der Waals surface area (Å²) in [5.41, 5.74) is 1.69. The van der Waals surface area contributed by atoms with Crippen LogP contribution in [0.25, 0.3) is 15.9 Å². The molecule has 0 N–H and O–H groups in total. The number of likely N-dealkylation sites (tertiary alicyclic amines) is 1. The van der Waals surface area contributed by atoms with Crippen molar-refractivity contribution in [1.82, 2.24) is 14.0 Å². The number of hydrogen-bond donors (Lipinski definition) is 0. The Morgan fingerprint density at radius 3 is 2.52 bits per heavy atom. The summed E-state index contributed by atoms with van der Waals surface area (Å²) < 4.78 is 9.90. The highest BCUT2D eigenvalue weighted by atomic mass is 32.1. The lowest BCUT2D eigenvalue weighted by Crippen LogP contribution is -2.41. The average molecular weight is 440 g/mol. The van der Waals surface area contributed by atoms with Crippen molar-refractivity contribution in [3.63, 3.8) is 0 Å². The van der Waals surface area contributed by atoms with Crippen LogP contribution in [0.5, 0.6) is 0 Å². The molecule has 4 heterocycles. The number of piperidine rings is 1. The summed E-state index contributed by atoms with van der Waals surface area (Å²) in [6, 6.07) is 9.26. The molecule has 0 spiro atoms. The van der Waals surface area contributed by atoms with Crippen molar-refractivity contribution in [3.05, 3.63) is 61.6 Å². The molecule has 0 atom stereocenters. The third-order valence-corrected chi connectivity index (χ3v) is 7.66. The molecular weight excluding hydrogens is 410 g/mol. The lowest BCUT2D eigenvalue weighted by atomic mass is 9.98. The Balaban J connectivity index is 1.69. The highest BCUT2D eigenvalue weighted by Gasteiger charge is 2.32. The molecule has 31 heavy (non-hydrogen) atoms. The first-order chi connectivity index (χ1) is 14.9. The Kier molecular flexibility index (Phi) is 5.36. The fourth-order valence-corrected chi connectivity index (χ4v) is 6.22. The van der Waals surface area contributed by atoms with Gasteiger partial charge in [-0.1, -0.05) is 24.6 Å². The molecule has 2 aliphatic heterocycles. The van der Waals surface area contributed by atoms with Crippen molar-refractivity contribution in [2.45, 2.75) is 58.3 Å². The van der Waals surface area contributed by atoms with Crippen LogP contribution in [-0.4, -0.2) is 39.3 Å². The third-order valence-electron chi connectivity index (χ3n) is 6.45. The highest BCUT2D eigenvalue weighted by Crippen LogP contribution is 2.37. The first-order valence-corrected chi connectivity index (χ1v) is 12.0. The Morgan fingerprint density at radius 1 is 1.03 bits per heavy atom. The highest BCUT2D eigenvalue weighted by molar-refractivity contribution is 7.19. The number of fused-ring (bicyclic) bond motifs is 3. The maximum atomic E-state index is 13.7. The first-order valence-electron chi connectivity index (χ1n) is 11.2. The molecule has 3 aromatic rings. The number of benzene rings is 1. The van der Waals surface area contributed by atoms with E-state index in [0.717, 1.165) is 37.1 Å². The topological polar surface area (TPSA) is 56.5 Å². The summed E-state index contributed by atoms with van der Waals surface area (Å²) in [5, 5.41) is 0. The molecule has 0 aliphatic carbocycles. The van der Waals surface area contributed by atoms with E-state index in [1.54, 1.807) is 0 Å². The predicted molar refractivity (Wildman–Crippen MR) is 125 cm³/mol. The zero-order chi connectivity index (χ0) is 21.6. The van der Waals surface area contributed by atoms with Crippen molar-refractivity contribution in [2.24, 2.45) is 0 Å². The van der Waals surface area contributed by atoms with E-state index in [1.807, 2.05) is 34.9 Å². The van der Waals surface area contributed by atoms with Crippen LogP contribution in [0, 0.1) is 0 Å². The second-order valence-corrected chi connectivity index (χ2v) is 10.3. The Labute approximate surface area is 185 Å². The maximum absolute atomic E-state index is 13.7. The largest absolute Gasteiger partial charge is 0.370 e. The van der Waals surface area contributed by atoms with Crippen molar-refractivity contribution < 1.29 is 4.74 Å². The van der Waals surface area contributed by atoms with Gasteiger partial charge in [0.2, 0.25) is 0 Å². The Morgan fingerprint density at radius 2 is 1.77 bits per heavy atom. The normalized spacial score (nSPS) is 18.9. The minimum Gasteiger partial charge on any atom is -0.370 e. The minimum absolute atomic E-state index is 0.224. The summed E-state index contributed by atoms with van der Waals surface area (Å²) in [4.78, 5) is 30.8. The van der Waals surface area contributed by atoms with Crippen LogP contribution in [0.4, 0.5) is 0 Å². The fourth-order valence-electron chi connectivity index (χ4n) is 4.77. The van der Waals surface area contributed by atoms with E-state index in [4.69, 9.17) is 4.74 Å². The number of ether oxygens (including phenoxy) is 1. The lowest BCUT2D eigenvalue weighted by molar-refractivity contribution is -0.0384. The van der Waals surface area contributed by atoms with Crippen molar-refractivity contribution >= 4 is 21.6 Å². The van der Waals surface area contributed by atoms with Crippen LogP contribution in [-0.2, 0) is 24.3 Å². The van der Waals surface area contributed by atoms with Gasteiger partial charge < -0.3 is 9.64 Å². The standard InChI is InChI=1S/C24H29N3O3S/c1-24(2)15-19-18(16-30-24)20-21(31-19)22(28)27(17-9-5-3-6-10-17)23(29)26(20)14-13-25-11-7-4-8-12-25/h3,5-6,9-10H,4,7-8,11-16H2,1-2H3. The van der Waals surface area contributed by atoms with Crippen LogP contribution in [0.3, 0.4) is 0 Å². The smallest absolute Gasteiger partial charge is 0.336 e. The number of rotatable bonds is 4. The minimum atomic E-state index is -0.259. The second-order valence-electron chi connectivity index (χ2n) is 9.22. The van der Waals surface area contributed by atoms with Gasteiger partial charge in [-0.2, -0.15) is 0 Å². The quantitative estimate of drug-likeness (QED) is 0.624. The molecule has 0 bridgehead atoms. The van der Waals surface area contributed by atoms with E-state index in [2.05, 4.69) is 18.7 Å². The van der Waals surface area contributed by atoms with Gasteiger partial charge in [-0.05, 0) is 51.9 Å². The molecule has 0 amide bonds. The van der Waals surface area contributed by atoms with Crippen molar-refractivity contribution in [3.8, 4) is 5.69 Å². The summed E-state index contributed by atoms with van der Waals surface area (Å²) in [6.45, 7) is 8.15. The van der Waals surface area contributed by atoms with Gasteiger partial charge in [0.25, 0.3) is 5.56 Å². The van der Waals surface area contributed by atoms with E-state index in [-0.39, 0.29) is 16.9 Å². The molecule has 7 heteroatoms. The average Bonchev–Trinajstić information content (AvgIpc) is 3.13. The van der Waals surface area contributed by atoms with Crippen molar-refractivity contribution in [1.29, 1.82) is 0 Å². The van der Waals surface area contributed by atoms with Crippen LogP contribution in [0.2, 0.25) is 0 Å². The van der Waals surface area contributed by atoms with E-state index in [0.29, 0.717) is 23.5 Å². The van der Waals surface area contributed by atoms with E-state index < -0.39 is 0 Å². The lowest BCUT2D eigenvalue weighted by Gasteiger charge is -2.30. The van der Waals surface area contributed by atoms with Gasteiger partial charge >= 0.3 is 5.69 Å². The summed E-state index contributed by atoms with van der Waals surface area (Å²) in [5.74, 6) is 0. The Bertz CT molecular complexity index is 1220. The molecule has 5 rings (SSSR count). The fraction of sp³-hybridized carbons (Fsp3) is 0.500. The van der Waals surface area contributed by atoms with E-state index in [1.165, 1.54) is 40.0 Å². The second kappa shape index (κ2) is 8.04. The van der Waals surface area contributed by atoms with Crippen molar-refractivity contribution in [2.75, 3.05) is 19.6 Å². The van der Waals surface area contributed by atoms with Crippen LogP contribution < -0.4 is 11.2 Å². The maximum Gasteiger partial charge on any atom is 0.336 e. The molecule has 0 unspecified atom stereocenters. The van der Waals surface area contributed by atoms with Gasteiger partial charge in [-0.25, -0.2) is 9.36 Å². The van der Waals surface area contributed by atoms with Gasteiger partial charge in [0.05, 0.1) is 23.4 Å². The molecule has 164 valence electrons. The third kappa shape index (κ3) is 3.79. The van der Waals surface area contributed by atoms with E-state index >= 15 is 0 Å². The Hall–Kier alpha value is -2.22. The molecule has 1 fully saturated rings. The number of aromatic nitrogens is 2. The molecule has 2 aromatic heterocycles. The van der Waals surface area contributed by atoms with Gasteiger partial charge in [0.15, 0.2) is 0 Å². The number of thiophene rings is 1. The molecule has 0 saturated carbocycles. The molecule has 0 radical (unpaired) electrons. The van der Waals surface area contributed by atoms with Crippen LogP contribution >= 0.6 is 11.3 Å². The number of hydrogen-bond acceptors (Lipinski definition) is 5. The zero-order valence-corrected chi connectivity index (χ0v) is 19.0. The van der Waals surface area contributed by atoms with Crippen LogP contribution in [0.15, 0.2) is 39.9 Å².